The number of benzene rings is 3. The number of H-pyrrole nitrogens is 1. The highest BCUT2D eigenvalue weighted by molar-refractivity contribution is 7.85. The van der Waals surface area contributed by atoms with Gasteiger partial charge in [-0.25, -0.2) is 4.98 Å². The summed E-state index contributed by atoms with van der Waals surface area (Å²) in [6.45, 7) is 2.03. The van der Waals surface area contributed by atoms with E-state index in [0.29, 0.717) is 11.0 Å². The smallest absolute Gasteiger partial charge is 0.327 e. The van der Waals surface area contributed by atoms with E-state index in [0.717, 1.165) is 27.8 Å². The Morgan fingerprint density at radius 1 is 0.885 bits per heavy atom. The molecule has 4 rings (SSSR count). The molecule has 3 aromatic carbocycles. The summed E-state index contributed by atoms with van der Waals surface area (Å²) < 4.78 is 32.4. The lowest BCUT2D eigenvalue weighted by Gasteiger charge is -2.13. The molecule has 130 valence electrons. The van der Waals surface area contributed by atoms with Crippen molar-refractivity contribution in [1.82, 2.24) is 9.97 Å². The van der Waals surface area contributed by atoms with Gasteiger partial charge >= 0.3 is 10.1 Å². The standard InChI is InChI=1S/C20H16N2O3S/c1-13-7-5-6-10-15(13)16-11-12-17-19(22-20(21-17)26(23,24)25)18(16)14-8-3-2-4-9-14/h2-12H,1H3,(H,21,22)(H,23,24,25). The Balaban J connectivity index is 2.11. The summed E-state index contributed by atoms with van der Waals surface area (Å²) in [5.74, 6) is 0. The van der Waals surface area contributed by atoms with Crippen LogP contribution in [0.2, 0.25) is 0 Å². The minimum atomic E-state index is -4.42. The zero-order chi connectivity index (χ0) is 18.3. The first-order chi connectivity index (χ1) is 12.4. The van der Waals surface area contributed by atoms with Crippen LogP contribution in [0, 0.1) is 6.92 Å². The average molecular weight is 364 g/mol. The van der Waals surface area contributed by atoms with Crippen LogP contribution in [0.4, 0.5) is 0 Å². The molecule has 0 unspecified atom stereocenters. The van der Waals surface area contributed by atoms with Crippen LogP contribution >= 0.6 is 0 Å². The summed E-state index contributed by atoms with van der Waals surface area (Å²) in [5.41, 5.74) is 5.90. The van der Waals surface area contributed by atoms with Gasteiger partial charge in [0, 0.05) is 5.56 Å². The largest absolute Gasteiger partial charge is 0.328 e. The third-order valence-corrected chi connectivity index (χ3v) is 5.06. The lowest BCUT2D eigenvalue weighted by molar-refractivity contribution is 0.476. The number of rotatable bonds is 3. The van der Waals surface area contributed by atoms with Crippen molar-refractivity contribution >= 4 is 21.2 Å². The molecule has 5 nitrogen and oxygen atoms in total. The Morgan fingerprint density at radius 2 is 1.58 bits per heavy atom. The van der Waals surface area contributed by atoms with Gasteiger partial charge in [-0.1, -0.05) is 60.7 Å². The summed E-state index contributed by atoms with van der Waals surface area (Å²) in [4.78, 5) is 6.87. The molecule has 0 aliphatic carbocycles. The number of nitrogens with zero attached hydrogens (tertiary/aromatic N) is 1. The molecule has 0 spiro atoms. The Labute approximate surface area is 151 Å². The number of hydrogen-bond donors (Lipinski definition) is 2. The van der Waals surface area contributed by atoms with Gasteiger partial charge in [0.1, 0.15) is 0 Å². The zero-order valence-electron chi connectivity index (χ0n) is 14.0. The van der Waals surface area contributed by atoms with Crippen molar-refractivity contribution in [1.29, 1.82) is 0 Å². The molecule has 1 aromatic heterocycles. The molecule has 0 aliphatic heterocycles. The van der Waals surface area contributed by atoms with Gasteiger partial charge in [0.05, 0.1) is 11.0 Å². The van der Waals surface area contributed by atoms with Crippen molar-refractivity contribution in [2.75, 3.05) is 0 Å². The normalized spacial score (nSPS) is 11.8. The lowest BCUT2D eigenvalue weighted by Crippen LogP contribution is -1.99. The number of aryl methyl sites for hydroxylation is 1. The molecule has 0 radical (unpaired) electrons. The van der Waals surface area contributed by atoms with Gasteiger partial charge < -0.3 is 4.98 Å². The van der Waals surface area contributed by atoms with Crippen LogP contribution in [-0.4, -0.2) is 22.9 Å². The second-order valence-corrected chi connectivity index (χ2v) is 7.42. The van der Waals surface area contributed by atoms with Gasteiger partial charge in [-0.05, 0) is 35.2 Å². The first-order valence-electron chi connectivity index (χ1n) is 8.07. The lowest BCUT2D eigenvalue weighted by atomic mass is 9.91. The molecular formula is C20H16N2O3S. The van der Waals surface area contributed by atoms with Crippen LogP contribution in [-0.2, 0) is 10.1 Å². The molecule has 4 aromatic rings. The zero-order valence-corrected chi connectivity index (χ0v) is 14.8. The third-order valence-electron chi connectivity index (χ3n) is 4.37. The molecule has 0 bridgehead atoms. The van der Waals surface area contributed by atoms with Crippen molar-refractivity contribution < 1.29 is 13.0 Å². The first kappa shape index (κ1) is 16.5. The van der Waals surface area contributed by atoms with Gasteiger partial charge in [-0.3, -0.25) is 4.55 Å². The maximum Gasteiger partial charge on any atom is 0.328 e. The topological polar surface area (TPSA) is 83.0 Å². The van der Waals surface area contributed by atoms with Crippen LogP contribution in [0.15, 0.2) is 71.9 Å². The fraction of sp³-hybridized carbons (Fsp3) is 0.0500. The third kappa shape index (κ3) is 2.79. The monoisotopic (exact) mass is 364 g/mol. The van der Waals surface area contributed by atoms with Crippen molar-refractivity contribution in [3.63, 3.8) is 0 Å². The summed E-state index contributed by atoms with van der Waals surface area (Å²) in [7, 11) is -4.42. The molecule has 0 saturated carbocycles. The van der Waals surface area contributed by atoms with Gasteiger partial charge in [-0.2, -0.15) is 8.42 Å². The summed E-state index contributed by atoms with van der Waals surface area (Å²) in [6.07, 6.45) is 0. The fourth-order valence-corrected chi connectivity index (χ4v) is 3.62. The van der Waals surface area contributed by atoms with E-state index in [9.17, 15) is 13.0 Å². The highest BCUT2D eigenvalue weighted by Crippen LogP contribution is 2.38. The van der Waals surface area contributed by atoms with Crippen LogP contribution < -0.4 is 0 Å². The molecule has 0 aliphatic rings. The molecule has 26 heavy (non-hydrogen) atoms. The molecule has 0 atom stereocenters. The van der Waals surface area contributed by atoms with Crippen molar-refractivity contribution in [3.8, 4) is 22.3 Å². The van der Waals surface area contributed by atoms with E-state index in [1.54, 1.807) is 6.07 Å². The van der Waals surface area contributed by atoms with Crippen LogP contribution in [0.3, 0.4) is 0 Å². The maximum absolute atomic E-state index is 11.5. The van der Waals surface area contributed by atoms with E-state index in [-0.39, 0.29) is 0 Å². The second kappa shape index (κ2) is 6.09. The number of imidazole rings is 1. The first-order valence-corrected chi connectivity index (χ1v) is 9.51. The van der Waals surface area contributed by atoms with E-state index in [2.05, 4.69) is 9.97 Å². The quantitative estimate of drug-likeness (QED) is 0.526. The summed E-state index contributed by atoms with van der Waals surface area (Å²) in [5, 5.41) is -0.452. The summed E-state index contributed by atoms with van der Waals surface area (Å²) in [6, 6.07) is 21.4. The predicted octanol–water partition coefficient (Wildman–Crippen LogP) is 4.45. The average Bonchev–Trinajstić information content (AvgIpc) is 3.07. The summed E-state index contributed by atoms with van der Waals surface area (Å²) >= 11 is 0. The molecule has 2 N–H and O–H groups in total. The van der Waals surface area contributed by atoms with E-state index in [4.69, 9.17) is 0 Å². The highest BCUT2D eigenvalue weighted by Gasteiger charge is 2.20. The van der Waals surface area contributed by atoms with Crippen molar-refractivity contribution in [2.24, 2.45) is 0 Å². The minimum absolute atomic E-state index is 0.452. The van der Waals surface area contributed by atoms with Gasteiger partial charge in [-0.15, -0.1) is 0 Å². The molecule has 0 amide bonds. The van der Waals surface area contributed by atoms with Crippen LogP contribution in [0.5, 0.6) is 0 Å². The Bertz CT molecular complexity index is 1210. The minimum Gasteiger partial charge on any atom is -0.327 e. The predicted molar refractivity (Wildman–Crippen MR) is 102 cm³/mol. The SMILES string of the molecule is Cc1ccccc1-c1ccc2[nH]c(S(=O)(=O)O)nc2c1-c1ccccc1. The van der Waals surface area contributed by atoms with E-state index >= 15 is 0 Å². The number of aromatic amines is 1. The van der Waals surface area contributed by atoms with E-state index in [1.807, 2.05) is 67.6 Å². The van der Waals surface area contributed by atoms with E-state index < -0.39 is 15.3 Å². The Kier molecular flexibility index (Phi) is 3.86. The number of fused-ring (bicyclic) bond motifs is 1. The van der Waals surface area contributed by atoms with Crippen LogP contribution in [0.25, 0.3) is 33.3 Å². The molecular weight excluding hydrogens is 348 g/mol. The van der Waals surface area contributed by atoms with Gasteiger partial charge in [0.15, 0.2) is 0 Å². The number of nitrogens with one attached hydrogen (secondary N) is 1. The maximum atomic E-state index is 11.5. The number of aromatic nitrogens is 2. The Hall–Kier alpha value is -2.96. The van der Waals surface area contributed by atoms with Gasteiger partial charge in [0.2, 0.25) is 0 Å². The molecule has 6 heteroatoms. The van der Waals surface area contributed by atoms with Crippen molar-refractivity contribution in [2.45, 2.75) is 12.1 Å². The fourth-order valence-electron chi connectivity index (χ4n) is 3.17. The highest BCUT2D eigenvalue weighted by atomic mass is 32.2. The Morgan fingerprint density at radius 3 is 2.27 bits per heavy atom. The van der Waals surface area contributed by atoms with Crippen molar-refractivity contribution in [3.05, 3.63) is 72.3 Å². The van der Waals surface area contributed by atoms with Gasteiger partial charge in [0.25, 0.3) is 5.16 Å². The second-order valence-electron chi connectivity index (χ2n) is 6.08. The molecule has 0 fully saturated rings. The van der Waals surface area contributed by atoms with E-state index in [1.165, 1.54) is 0 Å². The molecule has 0 saturated heterocycles. The molecule has 1 heterocycles. The number of hydrogen-bond acceptors (Lipinski definition) is 3. The van der Waals surface area contributed by atoms with Crippen LogP contribution in [0.1, 0.15) is 5.56 Å².